The van der Waals surface area contributed by atoms with Gasteiger partial charge in [0.1, 0.15) is 17.4 Å². The minimum atomic E-state index is -0.584. The molecule has 0 radical (unpaired) electrons. The van der Waals surface area contributed by atoms with Gasteiger partial charge < -0.3 is 9.52 Å². The normalized spacial score (nSPS) is 14.3. The van der Waals surface area contributed by atoms with Gasteiger partial charge in [-0.3, -0.25) is 0 Å². The molecule has 1 unspecified atom stereocenters. The first-order valence-electron chi connectivity index (χ1n) is 6.93. The third kappa shape index (κ3) is 2.55. The molecule has 1 heterocycles. The maximum Gasteiger partial charge on any atom is 0.138 e. The van der Waals surface area contributed by atoms with E-state index in [1.807, 2.05) is 26.8 Å². The Morgan fingerprint density at radius 2 is 1.79 bits per heavy atom. The highest BCUT2D eigenvalue weighted by Gasteiger charge is 2.27. The van der Waals surface area contributed by atoms with Crippen molar-refractivity contribution < 1.29 is 9.52 Å². The fourth-order valence-electron chi connectivity index (χ4n) is 2.31. The number of aliphatic hydroxyl groups excluding tert-OH is 1. The van der Waals surface area contributed by atoms with Crippen LogP contribution in [0, 0.1) is 12.3 Å². The smallest absolute Gasteiger partial charge is 0.138 e. The molecule has 0 aliphatic carbocycles. The topological polar surface area (TPSA) is 33.4 Å². The molecule has 1 aromatic carbocycles. The van der Waals surface area contributed by atoms with Gasteiger partial charge in [0.05, 0.1) is 0 Å². The van der Waals surface area contributed by atoms with Crippen molar-refractivity contribution in [3.05, 3.63) is 35.1 Å². The van der Waals surface area contributed by atoms with E-state index in [2.05, 4.69) is 32.9 Å². The molecule has 2 heteroatoms. The predicted molar refractivity (Wildman–Crippen MR) is 79.5 cm³/mol. The second-order valence-electron chi connectivity index (χ2n) is 6.79. The van der Waals surface area contributed by atoms with Gasteiger partial charge in [-0.15, -0.1) is 0 Å². The van der Waals surface area contributed by atoms with E-state index in [0.717, 1.165) is 11.0 Å². The van der Waals surface area contributed by atoms with E-state index in [1.165, 1.54) is 11.1 Å². The van der Waals surface area contributed by atoms with Crippen molar-refractivity contribution in [3.63, 3.8) is 0 Å². The number of aliphatic hydroxyl groups is 1. The second-order valence-corrected chi connectivity index (χ2v) is 6.79. The minimum absolute atomic E-state index is 0.222. The molecule has 2 aromatic rings. The van der Waals surface area contributed by atoms with Gasteiger partial charge in [-0.25, -0.2) is 0 Å². The maximum absolute atomic E-state index is 10.4. The summed E-state index contributed by atoms with van der Waals surface area (Å²) in [4.78, 5) is 0. The highest BCUT2D eigenvalue weighted by atomic mass is 16.4. The van der Waals surface area contributed by atoms with Crippen LogP contribution in [0.2, 0.25) is 0 Å². The van der Waals surface area contributed by atoms with Gasteiger partial charge in [0.15, 0.2) is 0 Å². The molecule has 0 amide bonds. The van der Waals surface area contributed by atoms with Crippen LogP contribution in [0.3, 0.4) is 0 Å². The Labute approximate surface area is 115 Å². The lowest BCUT2D eigenvalue weighted by molar-refractivity contribution is 0.0448. The van der Waals surface area contributed by atoms with E-state index in [-0.39, 0.29) is 5.41 Å². The number of furan rings is 1. The zero-order valence-electron chi connectivity index (χ0n) is 12.7. The first-order valence-corrected chi connectivity index (χ1v) is 6.93. The largest absolute Gasteiger partial charge is 0.458 e. The Balaban J connectivity index is 2.63. The molecule has 0 bridgehead atoms. The van der Waals surface area contributed by atoms with E-state index < -0.39 is 6.10 Å². The van der Waals surface area contributed by atoms with Crippen molar-refractivity contribution in [1.82, 2.24) is 0 Å². The zero-order chi connectivity index (χ0) is 14.4. The van der Waals surface area contributed by atoms with Crippen LogP contribution in [0.15, 0.2) is 22.6 Å². The molecule has 2 rings (SSSR count). The van der Waals surface area contributed by atoms with Crippen molar-refractivity contribution in [2.24, 2.45) is 5.41 Å². The van der Waals surface area contributed by atoms with Gasteiger partial charge in [0.2, 0.25) is 0 Å². The summed E-state index contributed by atoms with van der Waals surface area (Å²) in [6, 6.07) is 6.24. The van der Waals surface area contributed by atoms with Crippen LogP contribution in [0.4, 0.5) is 0 Å². The number of hydrogen-bond donors (Lipinski definition) is 1. The SMILES string of the molecule is Cc1ccc(C(C)C)c2oc(C(O)C(C)(C)C)cc12. The molecule has 0 aliphatic rings. The van der Waals surface area contributed by atoms with Crippen LogP contribution in [-0.4, -0.2) is 5.11 Å². The van der Waals surface area contributed by atoms with E-state index in [1.54, 1.807) is 0 Å². The molecular formula is C17H24O2. The van der Waals surface area contributed by atoms with Crippen LogP contribution >= 0.6 is 0 Å². The van der Waals surface area contributed by atoms with Crippen LogP contribution in [0.5, 0.6) is 0 Å². The standard InChI is InChI=1S/C17H24O2/c1-10(2)12-8-7-11(3)13-9-14(19-15(12)13)16(18)17(4,5)6/h7-10,16,18H,1-6H3. The van der Waals surface area contributed by atoms with Gasteiger partial charge >= 0.3 is 0 Å². The van der Waals surface area contributed by atoms with Crippen molar-refractivity contribution in [2.75, 3.05) is 0 Å². The highest BCUT2D eigenvalue weighted by molar-refractivity contribution is 5.85. The minimum Gasteiger partial charge on any atom is -0.458 e. The summed E-state index contributed by atoms with van der Waals surface area (Å²) in [5.74, 6) is 1.08. The first kappa shape index (κ1) is 14.1. The molecule has 1 N–H and O–H groups in total. The van der Waals surface area contributed by atoms with Crippen molar-refractivity contribution in [2.45, 2.75) is 53.6 Å². The number of fused-ring (bicyclic) bond motifs is 1. The average molecular weight is 260 g/mol. The summed E-state index contributed by atoms with van der Waals surface area (Å²) in [6.07, 6.45) is -0.584. The Morgan fingerprint density at radius 3 is 2.32 bits per heavy atom. The summed E-state index contributed by atoms with van der Waals surface area (Å²) in [5, 5.41) is 11.5. The van der Waals surface area contributed by atoms with Crippen molar-refractivity contribution in [3.8, 4) is 0 Å². The molecule has 0 aliphatic heterocycles. The van der Waals surface area contributed by atoms with Crippen molar-refractivity contribution >= 4 is 11.0 Å². The lowest BCUT2D eigenvalue weighted by Gasteiger charge is -2.23. The van der Waals surface area contributed by atoms with Gasteiger partial charge in [-0.2, -0.15) is 0 Å². The maximum atomic E-state index is 10.4. The first-order chi connectivity index (χ1) is 8.71. The zero-order valence-corrected chi connectivity index (χ0v) is 12.7. The summed E-state index contributed by atoms with van der Waals surface area (Å²) in [7, 11) is 0. The summed E-state index contributed by atoms with van der Waals surface area (Å²) >= 11 is 0. The van der Waals surface area contributed by atoms with Gasteiger partial charge in [-0.1, -0.05) is 46.8 Å². The van der Waals surface area contributed by atoms with Crippen LogP contribution in [0.1, 0.15) is 63.5 Å². The second kappa shape index (κ2) is 4.68. The highest BCUT2D eigenvalue weighted by Crippen LogP contribution is 2.38. The molecule has 2 nitrogen and oxygen atoms in total. The summed E-state index contributed by atoms with van der Waals surface area (Å²) in [6.45, 7) is 12.4. The van der Waals surface area contributed by atoms with E-state index in [4.69, 9.17) is 4.42 Å². The van der Waals surface area contributed by atoms with E-state index in [0.29, 0.717) is 11.7 Å². The van der Waals surface area contributed by atoms with Crippen LogP contribution < -0.4 is 0 Å². The molecule has 0 spiro atoms. The Hall–Kier alpha value is -1.28. The Morgan fingerprint density at radius 1 is 1.16 bits per heavy atom. The molecule has 104 valence electrons. The third-order valence-corrected chi connectivity index (χ3v) is 3.66. The Kier molecular flexibility index (Phi) is 3.48. The van der Waals surface area contributed by atoms with Crippen LogP contribution in [0.25, 0.3) is 11.0 Å². The molecule has 0 saturated carbocycles. The van der Waals surface area contributed by atoms with E-state index in [9.17, 15) is 5.11 Å². The predicted octanol–water partition coefficient (Wildman–Crippen LogP) is 4.94. The van der Waals surface area contributed by atoms with Gasteiger partial charge in [0, 0.05) is 5.39 Å². The van der Waals surface area contributed by atoms with E-state index >= 15 is 0 Å². The molecule has 1 atom stereocenters. The number of aryl methyl sites for hydroxylation is 1. The van der Waals surface area contributed by atoms with Gasteiger partial charge in [-0.05, 0) is 35.4 Å². The fraction of sp³-hybridized carbons (Fsp3) is 0.529. The number of benzene rings is 1. The van der Waals surface area contributed by atoms with Crippen molar-refractivity contribution in [1.29, 1.82) is 0 Å². The lowest BCUT2D eigenvalue weighted by atomic mass is 9.87. The molecule has 19 heavy (non-hydrogen) atoms. The summed E-state index contributed by atoms with van der Waals surface area (Å²) in [5.41, 5.74) is 3.09. The summed E-state index contributed by atoms with van der Waals surface area (Å²) < 4.78 is 5.98. The fourth-order valence-corrected chi connectivity index (χ4v) is 2.31. The third-order valence-electron chi connectivity index (χ3n) is 3.66. The molecule has 1 aromatic heterocycles. The van der Waals surface area contributed by atoms with Gasteiger partial charge in [0.25, 0.3) is 0 Å². The molecule has 0 fully saturated rings. The monoisotopic (exact) mass is 260 g/mol. The molecule has 0 saturated heterocycles. The average Bonchev–Trinajstić information content (AvgIpc) is 2.72. The number of rotatable bonds is 2. The molecular weight excluding hydrogens is 236 g/mol. The number of hydrogen-bond acceptors (Lipinski definition) is 2. The van der Waals surface area contributed by atoms with Crippen LogP contribution in [-0.2, 0) is 0 Å². The lowest BCUT2D eigenvalue weighted by Crippen LogP contribution is -2.17. The Bertz CT molecular complexity index is 585. The quantitative estimate of drug-likeness (QED) is 0.829.